The molecule has 0 aliphatic carbocycles. The molecule has 0 unspecified atom stereocenters. The smallest absolute Gasteiger partial charge is 0.409 e. The topological polar surface area (TPSA) is 91.8 Å². The molecule has 0 saturated heterocycles. The summed E-state index contributed by atoms with van der Waals surface area (Å²) in [5, 5.41) is 6.66. The molecule has 0 aromatic heterocycles. The highest BCUT2D eigenvalue weighted by Crippen LogP contribution is 2.43. The fraction of sp³-hybridized carbons (Fsp3) is 0.211. The molecule has 0 saturated carbocycles. The third-order valence-electron chi connectivity index (χ3n) is 4.21. The first-order chi connectivity index (χ1) is 15.6. The van der Waals surface area contributed by atoms with Gasteiger partial charge in [-0.15, -0.1) is 0 Å². The zero-order valence-corrected chi connectivity index (χ0v) is 17.5. The third kappa shape index (κ3) is 5.55. The van der Waals surface area contributed by atoms with Gasteiger partial charge in [0.2, 0.25) is 0 Å². The van der Waals surface area contributed by atoms with E-state index < -0.39 is 75.6 Å². The van der Waals surface area contributed by atoms with Gasteiger partial charge in [0.1, 0.15) is 10.8 Å². The summed E-state index contributed by atoms with van der Waals surface area (Å²) in [5.41, 5.74) is -0.751. The number of benzene rings is 2. The highest BCUT2D eigenvalue weighted by molar-refractivity contribution is 6.31. The van der Waals surface area contributed by atoms with Crippen molar-refractivity contribution in [3.05, 3.63) is 57.6 Å². The number of carbonyl (C=O) groups is 1. The number of amidine groups is 1. The summed E-state index contributed by atoms with van der Waals surface area (Å²) in [6, 6.07) is 1.21. The van der Waals surface area contributed by atoms with Gasteiger partial charge in [0.05, 0.1) is 28.7 Å². The molecule has 0 aliphatic heterocycles. The van der Waals surface area contributed by atoms with Crippen molar-refractivity contribution in [2.75, 3.05) is 11.4 Å². The summed E-state index contributed by atoms with van der Waals surface area (Å²) < 4.78 is 113. The average molecular weight is 517 g/mol. The number of rotatable bonds is 4. The minimum Gasteiger partial charge on any atom is -0.409 e. The van der Waals surface area contributed by atoms with Crippen molar-refractivity contribution in [1.82, 2.24) is 0 Å². The zero-order chi connectivity index (χ0) is 26.0. The molecule has 2 rings (SSSR count). The van der Waals surface area contributed by atoms with Crippen molar-refractivity contribution in [3.8, 4) is 5.75 Å². The maximum Gasteiger partial charge on any atom is 0.420 e. The maximum atomic E-state index is 14.4. The minimum absolute atomic E-state index is 0.110. The van der Waals surface area contributed by atoms with Gasteiger partial charge in [-0.1, -0.05) is 11.6 Å². The number of halogens is 9. The molecule has 2 aromatic rings. The molecule has 0 aliphatic rings. The molecule has 0 heterocycles. The Bertz CT molecular complexity index is 1150. The van der Waals surface area contributed by atoms with Crippen LogP contribution in [0.15, 0.2) is 29.3 Å². The summed E-state index contributed by atoms with van der Waals surface area (Å²) in [6.07, 6.45) is -12.0. The van der Waals surface area contributed by atoms with Gasteiger partial charge in [-0.2, -0.15) is 26.3 Å². The van der Waals surface area contributed by atoms with Crippen LogP contribution >= 0.6 is 11.6 Å². The first-order valence-corrected chi connectivity index (χ1v) is 9.29. The third-order valence-corrected chi connectivity index (χ3v) is 4.56. The summed E-state index contributed by atoms with van der Waals surface area (Å²) in [7, 11) is 0. The molecule has 0 spiro atoms. The highest BCUT2D eigenvalue weighted by Gasteiger charge is 2.42. The number of ether oxygens (including phenoxy) is 1. The second-order valence-electron chi connectivity index (χ2n) is 6.33. The van der Waals surface area contributed by atoms with Crippen molar-refractivity contribution in [2.45, 2.75) is 19.3 Å². The Kier molecular flexibility index (Phi) is 7.76. The monoisotopic (exact) mass is 516 g/mol. The number of alkyl halides is 6. The Morgan fingerprint density at radius 3 is 2.29 bits per heavy atom. The van der Waals surface area contributed by atoms with E-state index in [4.69, 9.17) is 27.5 Å². The molecule has 0 atom stereocenters. The molecule has 15 heteroatoms. The Hall–Kier alpha value is -3.42. The second kappa shape index (κ2) is 9.83. The molecule has 34 heavy (non-hydrogen) atoms. The van der Waals surface area contributed by atoms with E-state index in [-0.39, 0.29) is 12.1 Å². The van der Waals surface area contributed by atoms with Crippen molar-refractivity contribution in [1.29, 1.82) is 5.41 Å². The lowest BCUT2D eigenvalue weighted by atomic mass is 10.0. The van der Waals surface area contributed by atoms with Crippen molar-refractivity contribution in [2.24, 2.45) is 10.7 Å². The van der Waals surface area contributed by atoms with Crippen molar-refractivity contribution < 1.29 is 44.7 Å². The van der Waals surface area contributed by atoms with E-state index in [0.717, 1.165) is 6.07 Å². The van der Waals surface area contributed by atoms with E-state index in [1.807, 2.05) is 0 Å². The summed E-state index contributed by atoms with van der Waals surface area (Å²) in [6.45, 7) is 0.810. The first-order valence-electron chi connectivity index (χ1n) is 8.91. The van der Waals surface area contributed by atoms with Crippen molar-refractivity contribution >= 4 is 35.6 Å². The standard InChI is InChI=1S/C19H13ClF8N4O2/c1-2-32(12-4-3-11(21)13(20)14(12)22)17(33)34-15-9(16(30)31-7-29)5-8(18(23,24)25)6-10(15)19(26,27)28/h3-7H,2H2,1H3,(H3,29,30,31). The molecule has 1 amide bonds. The molecule has 0 bridgehead atoms. The molecular formula is C19H13ClF8N4O2. The quantitative estimate of drug-likeness (QED) is 0.226. The molecule has 0 fully saturated rings. The fourth-order valence-electron chi connectivity index (χ4n) is 2.70. The fourth-order valence-corrected chi connectivity index (χ4v) is 2.86. The number of aliphatic imine (C=N–C) groups is 1. The lowest BCUT2D eigenvalue weighted by Gasteiger charge is -2.24. The number of anilines is 1. The van der Waals surface area contributed by atoms with E-state index in [0.29, 0.717) is 17.3 Å². The van der Waals surface area contributed by atoms with E-state index >= 15 is 0 Å². The second-order valence-corrected chi connectivity index (χ2v) is 6.71. The van der Waals surface area contributed by atoms with Gasteiger partial charge in [-0.25, -0.2) is 18.6 Å². The molecule has 0 radical (unpaired) electrons. The number of nitrogens with one attached hydrogen (secondary N) is 1. The van der Waals surface area contributed by atoms with E-state index in [1.54, 1.807) is 0 Å². The summed E-state index contributed by atoms with van der Waals surface area (Å²) >= 11 is 5.46. The van der Waals surface area contributed by atoms with E-state index in [9.17, 15) is 39.9 Å². The van der Waals surface area contributed by atoms with Crippen LogP contribution in [0, 0.1) is 17.0 Å². The van der Waals surface area contributed by atoms with Crippen LogP contribution in [0.25, 0.3) is 0 Å². The number of hydrogen-bond acceptors (Lipinski definition) is 3. The number of hydrogen-bond donors (Lipinski definition) is 2. The van der Waals surface area contributed by atoms with Crippen LogP contribution < -0.4 is 15.4 Å². The molecule has 2 aromatic carbocycles. The molecule has 6 nitrogen and oxygen atoms in total. The van der Waals surface area contributed by atoms with E-state index in [1.165, 1.54) is 6.92 Å². The first kappa shape index (κ1) is 26.8. The summed E-state index contributed by atoms with van der Waals surface area (Å²) in [5.74, 6) is -5.33. The van der Waals surface area contributed by atoms with Gasteiger partial charge in [-0.3, -0.25) is 10.3 Å². The maximum absolute atomic E-state index is 14.4. The Morgan fingerprint density at radius 1 is 1.18 bits per heavy atom. The SMILES string of the molecule is CCN(C(=O)Oc1c(C(=N)/N=C\N)cc(C(F)(F)F)cc1C(F)(F)F)c1ccc(F)c(Cl)c1F. The lowest BCUT2D eigenvalue weighted by Crippen LogP contribution is -2.35. The average Bonchev–Trinajstić information content (AvgIpc) is 2.72. The van der Waals surface area contributed by atoms with Crippen LogP contribution in [-0.2, 0) is 12.4 Å². The van der Waals surface area contributed by atoms with Crippen LogP contribution in [0.3, 0.4) is 0 Å². The van der Waals surface area contributed by atoms with Gasteiger partial charge in [-0.05, 0) is 31.2 Å². The van der Waals surface area contributed by atoms with Gasteiger partial charge < -0.3 is 10.5 Å². The van der Waals surface area contributed by atoms with Crippen LogP contribution in [0.1, 0.15) is 23.6 Å². The highest BCUT2D eigenvalue weighted by atomic mass is 35.5. The van der Waals surface area contributed by atoms with Crippen LogP contribution in [0.2, 0.25) is 5.02 Å². The lowest BCUT2D eigenvalue weighted by molar-refractivity contribution is -0.143. The normalized spacial score (nSPS) is 12.2. The number of amides is 1. The van der Waals surface area contributed by atoms with Crippen LogP contribution in [0.5, 0.6) is 5.75 Å². The van der Waals surface area contributed by atoms with Crippen molar-refractivity contribution in [3.63, 3.8) is 0 Å². The van der Waals surface area contributed by atoms with E-state index in [2.05, 4.69) is 4.99 Å². The Morgan fingerprint density at radius 2 is 1.79 bits per heavy atom. The molecule has 184 valence electrons. The predicted octanol–water partition coefficient (Wildman–Crippen LogP) is 5.99. The Labute approximate surface area is 191 Å². The zero-order valence-electron chi connectivity index (χ0n) is 16.8. The molecule has 3 N–H and O–H groups in total. The number of nitrogens with two attached hydrogens (primary N) is 1. The predicted molar refractivity (Wildman–Crippen MR) is 106 cm³/mol. The van der Waals surface area contributed by atoms with Gasteiger partial charge >= 0.3 is 18.4 Å². The van der Waals surface area contributed by atoms with Crippen LogP contribution in [-0.4, -0.2) is 24.8 Å². The van der Waals surface area contributed by atoms with Gasteiger partial charge in [0, 0.05) is 6.54 Å². The molecular weight excluding hydrogens is 504 g/mol. The largest absolute Gasteiger partial charge is 0.420 e. The number of carbonyl (C=O) groups excluding carboxylic acids is 1. The Balaban J connectivity index is 2.72. The summed E-state index contributed by atoms with van der Waals surface area (Å²) in [4.78, 5) is 16.2. The number of nitrogens with zero attached hydrogens (tertiary/aromatic N) is 2. The van der Waals surface area contributed by atoms with Gasteiger partial charge in [0.15, 0.2) is 17.4 Å². The minimum atomic E-state index is -5.49. The van der Waals surface area contributed by atoms with Gasteiger partial charge in [0.25, 0.3) is 0 Å². The van der Waals surface area contributed by atoms with Crippen LogP contribution in [0.4, 0.5) is 45.6 Å².